The van der Waals surface area contributed by atoms with Crippen molar-refractivity contribution in [2.45, 2.75) is 99.3 Å². The first-order chi connectivity index (χ1) is 25.8. The number of phenols is 1. The van der Waals surface area contributed by atoms with Crippen LogP contribution in [0.25, 0.3) is 61.6 Å². The Morgan fingerprint density at radius 3 is 1.82 bits per heavy atom. The van der Waals surface area contributed by atoms with Crippen LogP contribution in [0, 0.1) is 26.8 Å². The number of rotatable bonds is 5. The first-order valence-corrected chi connectivity index (χ1v) is 19.4. The molecule has 7 aromatic rings. The van der Waals surface area contributed by atoms with Crippen LogP contribution in [-0.2, 0) is 37.3 Å². The van der Waals surface area contributed by atoms with Gasteiger partial charge in [0.1, 0.15) is 11.6 Å². The van der Waals surface area contributed by atoms with Crippen LogP contribution >= 0.6 is 0 Å². The van der Waals surface area contributed by atoms with E-state index in [1.807, 2.05) is 30.5 Å². The molecule has 4 nitrogen and oxygen atoms in total. The van der Waals surface area contributed by atoms with Gasteiger partial charge in [0.05, 0.1) is 22.3 Å². The molecule has 0 bridgehead atoms. The maximum absolute atomic E-state index is 11.7. The summed E-state index contributed by atoms with van der Waals surface area (Å²) < 4.78 is 2.28. The zero-order valence-corrected chi connectivity index (χ0v) is 37.2. The Labute approximate surface area is 348 Å². The van der Waals surface area contributed by atoms with E-state index < -0.39 is 0 Å². The van der Waals surface area contributed by atoms with Gasteiger partial charge in [-0.25, -0.2) is 4.98 Å². The third-order valence-electron chi connectivity index (χ3n) is 10.8. The number of aromatic hydroxyl groups is 1. The average Bonchev–Trinajstić information content (AvgIpc) is 3.49. The second-order valence-corrected chi connectivity index (χ2v) is 18.4. The van der Waals surface area contributed by atoms with Crippen molar-refractivity contribution in [1.29, 1.82) is 0 Å². The molecule has 0 aliphatic rings. The van der Waals surface area contributed by atoms with Crippen molar-refractivity contribution < 1.29 is 26.2 Å². The summed E-state index contributed by atoms with van der Waals surface area (Å²) in [5, 5.41) is 11.7. The fourth-order valence-corrected chi connectivity index (χ4v) is 7.60. The summed E-state index contributed by atoms with van der Waals surface area (Å²) >= 11 is 0. The number of aryl methyl sites for hydroxylation is 3. The quantitative estimate of drug-likeness (QED) is 0.175. The molecule has 0 radical (unpaired) electrons. The van der Waals surface area contributed by atoms with Crippen LogP contribution in [0.3, 0.4) is 0 Å². The summed E-state index contributed by atoms with van der Waals surface area (Å²) in [6.45, 7) is 26.8. The molecule has 2 heterocycles. The third kappa shape index (κ3) is 7.91. The maximum atomic E-state index is 11.7. The summed E-state index contributed by atoms with van der Waals surface area (Å²) in [6, 6.07) is 37.9. The molecule has 0 amide bonds. The molecule has 0 aliphatic heterocycles. The van der Waals surface area contributed by atoms with Crippen LogP contribution in [-0.4, -0.2) is 19.6 Å². The number of phenolic OH excluding ortho intramolecular Hbond substituents is 1. The van der Waals surface area contributed by atoms with Gasteiger partial charge in [-0.15, -0.1) is 29.3 Å². The molecule has 56 heavy (non-hydrogen) atoms. The van der Waals surface area contributed by atoms with Gasteiger partial charge in [0.25, 0.3) is 0 Å². The number of hydrogen-bond acceptors (Lipinski definition) is 3. The Kier molecular flexibility index (Phi) is 10.9. The van der Waals surface area contributed by atoms with Gasteiger partial charge < -0.3 is 5.11 Å². The van der Waals surface area contributed by atoms with E-state index >= 15 is 0 Å². The molecule has 1 N–H and O–H groups in total. The minimum atomic E-state index is -0.169. The summed E-state index contributed by atoms with van der Waals surface area (Å²) in [4.78, 5) is 10.5. The van der Waals surface area contributed by atoms with Crippen molar-refractivity contribution in [2.75, 3.05) is 0 Å². The van der Waals surface area contributed by atoms with Crippen molar-refractivity contribution in [1.82, 2.24) is 14.5 Å². The zero-order valence-electron chi connectivity index (χ0n) is 34.9. The molecule has 0 spiro atoms. The number of imidazole rings is 1. The topological polar surface area (TPSA) is 50.9 Å². The van der Waals surface area contributed by atoms with Crippen LogP contribution < -0.4 is 0 Å². The molecule has 0 fully saturated rings. The van der Waals surface area contributed by atoms with E-state index in [0.29, 0.717) is 11.4 Å². The first-order valence-electron chi connectivity index (χ1n) is 19.4. The standard InChI is InChI=1S/C51H54N3O.Pt/c1-31-22-32(2)47(33(3)23-31)54-44-30-40(51(10,11)12)28-41(46(44)53-48(54)42-27-35(18-19-45(42)55)34-16-14-13-15-17-34)36-24-37(26-39(25-36)50(7,8)9)43-29-38(20-21-52-43)49(4,5)6;/h13-23,25-30,55H,1-12H3;/q-1;. The number of pyridine rings is 1. The van der Waals surface area contributed by atoms with Gasteiger partial charge in [0.15, 0.2) is 0 Å². The average molecular weight is 920 g/mol. The Hall–Kier alpha value is -4.79. The van der Waals surface area contributed by atoms with Crippen molar-refractivity contribution in [2.24, 2.45) is 0 Å². The SMILES string of the molecule is Cc1cc(C)c(-n2c(-c3cc(-c4ccccc4)ccc3O)nc3c(-c4[c-]c(-c5cc(C(C)(C)C)ccn5)cc(C(C)(C)C)c4)cc(C(C)(C)C)cc32)c(C)c1.[Pt]. The zero-order chi connectivity index (χ0) is 39.6. The summed E-state index contributed by atoms with van der Waals surface area (Å²) in [5.41, 5.74) is 16.3. The Morgan fingerprint density at radius 1 is 0.589 bits per heavy atom. The Balaban J connectivity index is 0.00000532. The maximum Gasteiger partial charge on any atom is 0.148 e. The largest absolute Gasteiger partial charge is 0.507 e. The molecule has 0 unspecified atom stereocenters. The van der Waals surface area contributed by atoms with Crippen molar-refractivity contribution >= 4 is 11.0 Å². The van der Waals surface area contributed by atoms with Gasteiger partial charge in [-0.3, -0.25) is 9.55 Å². The third-order valence-corrected chi connectivity index (χ3v) is 10.8. The van der Waals surface area contributed by atoms with Crippen LogP contribution in [0.4, 0.5) is 0 Å². The molecule has 5 heteroatoms. The summed E-state index contributed by atoms with van der Waals surface area (Å²) in [7, 11) is 0. The molecule has 2 aromatic heterocycles. The van der Waals surface area contributed by atoms with E-state index in [2.05, 4.69) is 160 Å². The van der Waals surface area contributed by atoms with Gasteiger partial charge in [0, 0.05) is 33.0 Å². The number of nitrogens with zero attached hydrogens (tertiary/aromatic N) is 3. The van der Waals surface area contributed by atoms with Crippen LogP contribution in [0.5, 0.6) is 5.75 Å². The fraction of sp³-hybridized carbons (Fsp3) is 0.294. The van der Waals surface area contributed by atoms with E-state index in [1.165, 1.54) is 22.3 Å². The molecule has 0 atom stereocenters. The number of benzene rings is 5. The van der Waals surface area contributed by atoms with Crippen LogP contribution in [0.15, 0.2) is 103 Å². The van der Waals surface area contributed by atoms with Gasteiger partial charge in [0.2, 0.25) is 0 Å². The Morgan fingerprint density at radius 2 is 1.20 bits per heavy atom. The molecule has 0 saturated carbocycles. The van der Waals surface area contributed by atoms with E-state index in [1.54, 1.807) is 6.07 Å². The van der Waals surface area contributed by atoms with Gasteiger partial charge in [-0.1, -0.05) is 140 Å². The van der Waals surface area contributed by atoms with Gasteiger partial charge in [-0.05, 0) is 94.7 Å². The summed E-state index contributed by atoms with van der Waals surface area (Å²) in [5.74, 6) is 0.879. The van der Waals surface area contributed by atoms with E-state index in [4.69, 9.17) is 9.97 Å². The smallest absolute Gasteiger partial charge is 0.148 e. The van der Waals surface area contributed by atoms with E-state index in [0.717, 1.165) is 61.4 Å². The fourth-order valence-electron chi connectivity index (χ4n) is 7.60. The monoisotopic (exact) mass is 919 g/mol. The number of hydrogen-bond donors (Lipinski definition) is 1. The minimum Gasteiger partial charge on any atom is -0.507 e. The van der Waals surface area contributed by atoms with Gasteiger partial charge in [-0.2, -0.15) is 0 Å². The van der Waals surface area contributed by atoms with E-state index in [-0.39, 0.29) is 43.1 Å². The first kappa shape index (κ1) is 40.9. The van der Waals surface area contributed by atoms with Crippen molar-refractivity contribution in [3.05, 3.63) is 143 Å². The second-order valence-electron chi connectivity index (χ2n) is 18.4. The molecular weight excluding hydrogens is 866 g/mol. The Bertz CT molecular complexity index is 2550. The van der Waals surface area contributed by atoms with E-state index in [9.17, 15) is 5.11 Å². The molecule has 0 aliphatic carbocycles. The molecular formula is C51H54N3OPt-. The number of aromatic nitrogens is 3. The van der Waals surface area contributed by atoms with Crippen LogP contribution in [0.1, 0.15) is 95.7 Å². The number of fused-ring (bicyclic) bond motifs is 1. The molecule has 5 aromatic carbocycles. The predicted octanol–water partition coefficient (Wildman–Crippen LogP) is 13.4. The van der Waals surface area contributed by atoms with Crippen molar-refractivity contribution in [3.8, 4) is 56.3 Å². The second kappa shape index (κ2) is 14.9. The van der Waals surface area contributed by atoms with Crippen molar-refractivity contribution in [3.63, 3.8) is 0 Å². The predicted molar refractivity (Wildman–Crippen MR) is 231 cm³/mol. The molecule has 7 rings (SSSR count). The normalized spacial score (nSPS) is 12.2. The minimum absolute atomic E-state index is 0. The van der Waals surface area contributed by atoms with Crippen LogP contribution in [0.2, 0.25) is 0 Å². The van der Waals surface area contributed by atoms with Gasteiger partial charge >= 0.3 is 0 Å². The molecule has 290 valence electrons. The molecule has 0 saturated heterocycles. The summed E-state index contributed by atoms with van der Waals surface area (Å²) in [6.07, 6.45) is 1.92.